The summed E-state index contributed by atoms with van der Waals surface area (Å²) in [5, 5.41) is 0. The smallest absolute Gasteiger partial charge is 0.222 e. The summed E-state index contributed by atoms with van der Waals surface area (Å²) < 4.78 is 0. The predicted molar refractivity (Wildman–Crippen MR) is 91.2 cm³/mol. The fraction of sp³-hybridized carbons (Fsp3) is 0.632. The lowest BCUT2D eigenvalue weighted by atomic mass is 9.86. The van der Waals surface area contributed by atoms with Crippen molar-refractivity contribution in [2.45, 2.75) is 45.4 Å². The third-order valence-corrected chi connectivity index (χ3v) is 5.19. The zero-order valence-corrected chi connectivity index (χ0v) is 13.8. The molecule has 2 aliphatic rings. The highest BCUT2D eigenvalue weighted by molar-refractivity contribution is 5.76. The zero-order valence-electron chi connectivity index (χ0n) is 13.8. The zero-order chi connectivity index (χ0) is 15.4. The molecule has 120 valence electrons. The Labute approximate surface area is 134 Å². The molecule has 0 spiro atoms. The Morgan fingerprint density at radius 3 is 2.50 bits per heavy atom. The van der Waals surface area contributed by atoms with Crippen molar-refractivity contribution in [1.82, 2.24) is 4.90 Å². The molecular weight excluding hydrogens is 272 g/mol. The van der Waals surface area contributed by atoms with E-state index in [9.17, 15) is 4.79 Å². The molecule has 0 radical (unpaired) electrons. The summed E-state index contributed by atoms with van der Waals surface area (Å²) in [7, 11) is 0. The van der Waals surface area contributed by atoms with Crippen molar-refractivity contribution in [3.63, 3.8) is 0 Å². The van der Waals surface area contributed by atoms with E-state index in [0.717, 1.165) is 32.6 Å². The molecule has 2 fully saturated rings. The SMILES string of the molecule is Cc1cccc(N2CCN(C(=O)CC3CCCCC3)CC2)c1. The van der Waals surface area contributed by atoms with Crippen LogP contribution in [-0.2, 0) is 4.79 Å². The van der Waals surface area contributed by atoms with Gasteiger partial charge in [0, 0.05) is 38.3 Å². The van der Waals surface area contributed by atoms with Gasteiger partial charge in [0.25, 0.3) is 0 Å². The summed E-state index contributed by atoms with van der Waals surface area (Å²) in [5.74, 6) is 1.03. The Balaban J connectivity index is 1.49. The number of rotatable bonds is 3. The van der Waals surface area contributed by atoms with Crippen LogP contribution in [0.25, 0.3) is 0 Å². The molecule has 1 amide bonds. The standard InChI is InChI=1S/C19H28N2O/c1-16-6-5-9-18(14-16)20-10-12-21(13-11-20)19(22)15-17-7-3-2-4-8-17/h5-6,9,14,17H,2-4,7-8,10-13,15H2,1H3. The van der Waals surface area contributed by atoms with E-state index < -0.39 is 0 Å². The van der Waals surface area contributed by atoms with Gasteiger partial charge in [0.1, 0.15) is 0 Å². The summed E-state index contributed by atoms with van der Waals surface area (Å²) in [5.41, 5.74) is 2.59. The molecule has 1 aromatic rings. The molecule has 0 bridgehead atoms. The van der Waals surface area contributed by atoms with E-state index in [2.05, 4.69) is 41.0 Å². The van der Waals surface area contributed by atoms with Gasteiger partial charge in [-0.1, -0.05) is 31.4 Å². The number of aryl methyl sites for hydroxylation is 1. The molecule has 1 saturated heterocycles. The summed E-state index contributed by atoms with van der Waals surface area (Å²) in [6.07, 6.45) is 7.30. The van der Waals surface area contributed by atoms with Gasteiger partial charge >= 0.3 is 0 Å². The molecule has 1 saturated carbocycles. The lowest BCUT2D eigenvalue weighted by molar-refractivity contribution is -0.132. The van der Waals surface area contributed by atoms with Gasteiger partial charge in [-0.05, 0) is 43.4 Å². The lowest BCUT2D eigenvalue weighted by Gasteiger charge is -2.37. The molecule has 1 heterocycles. The number of amides is 1. The van der Waals surface area contributed by atoms with Gasteiger partial charge in [-0.15, -0.1) is 0 Å². The van der Waals surface area contributed by atoms with E-state index in [1.54, 1.807) is 0 Å². The first kappa shape index (κ1) is 15.4. The van der Waals surface area contributed by atoms with Crippen molar-refractivity contribution in [1.29, 1.82) is 0 Å². The van der Waals surface area contributed by atoms with E-state index in [0.29, 0.717) is 11.8 Å². The molecule has 0 unspecified atom stereocenters. The number of nitrogens with zero attached hydrogens (tertiary/aromatic N) is 2. The number of carbonyl (C=O) groups is 1. The van der Waals surface area contributed by atoms with Crippen LogP contribution in [-0.4, -0.2) is 37.0 Å². The van der Waals surface area contributed by atoms with Crippen LogP contribution in [0, 0.1) is 12.8 Å². The minimum absolute atomic E-state index is 0.385. The second kappa shape index (κ2) is 7.17. The van der Waals surface area contributed by atoms with Crippen LogP contribution in [0.3, 0.4) is 0 Å². The summed E-state index contributed by atoms with van der Waals surface area (Å²) in [4.78, 5) is 17.0. The monoisotopic (exact) mass is 300 g/mol. The van der Waals surface area contributed by atoms with Crippen molar-refractivity contribution in [3.8, 4) is 0 Å². The van der Waals surface area contributed by atoms with E-state index in [4.69, 9.17) is 0 Å². The van der Waals surface area contributed by atoms with Gasteiger partial charge in [0.15, 0.2) is 0 Å². The number of carbonyl (C=O) groups excluding carboxylic acids is 1. The topological polar surface area (TPSA) is 23.6 Å². The molecule has 0 N–H and O–H groups in total. The highest BCUT2D eigenvalue weighted by Crippen LogP contribution is 2.27. The van der Waals surface area contributed by atoms with Gasteiger partial charge in [0.2, 0.25) is 5.91 Å². The molecular formula is C19H28N2O. The maximum Gasteiger partial charge on any atom is 0.222 e. The maximum absolute atomic E-state index is 12.5. The fourth-order valence-corrected chi connectivity index (χ4v) is 3.81. The van der Waals surface area contributed by atoms with Crippen LogP contribution in [0.1, 0.15) is 44.1 Å². The van der Waals surface area contributed by atoms with Crippen molar-refractivity contribution in [2.75, 3.05) is 31.1 Å². The Hall–Kier alpha value is -1.51. The second-order valence-electron chi connectivity index (χ2n) is 6.91. The van der Waals surface area contributed by atoms with Crippen LogP contribution in [0.5, 0.6) is 0 Å². The minimum atomic E-state index is 0.385. The quantitative estimate of drug-likeness (QED) is 0.851. The first-order chi connectivity index (χ1) is 10.7. The van der Waals surface area contributed by atoms with Crippen LogP contribution in [0.2, 0.25) is 0 Å². The largest absolute Gasteiger partial charge is 0.368 e. The maximum atomic E-state index is 12.5. The molecule has 22 heavy (non-hydrogen) atoms. The lowest BCUT2D eigenvalue weighted by Crippen LogP contribution is -2.49. The third-order valence-electron chi connectivity index (χ3n) is 5.19. The second-order valence-corrected chi connectivity index (χ2v) is 6.91. The van der Waals surface area contributed by atoms with Crippen LogP contribution in [0.4, 0.5) is 5.69 Å². The molecule has 3 nitrogen and oxygen atoms in total. The van der Waals surface area contributed by atoms with Gasteiger partial charge in [-0.2, -0.15) is 0 Å². The molecule has 0 atom stereocenters. The summed E-state index contributed by atoms with van der Waals surface area (Å²) >= 11 is 0. The van der Waals surface area contributed by atoms with Gasteiger partial charge in [-0.3, -0.25) is 4.79 Å². The highest BCUT2D eigenvalue weighted by atomic mass is 16.2. The van der Waals surface area contributed by atoms with Gasteiger partial charge in [-0.25, -0.2) is 0 Å². The van der Waals surface area contributed by atoms with Crippen molar-refractivity contribution in [3.05, 3.63) is 29.8 Å². The number of hydrogen-bond donors (Lipinski definition) is 0. The summed E-state index contributed by atoms with van der Waals surface area (Å²) in [6, 6.07) is 8.66. The van der Waals surface area contributed by atoms with Crippen LogP contribution >= 0.6 is 0 Å². The number of benzene rings is 1. The van der Waals surface area contributed by atoms with Gasteiger partial charge < -0.3 is 9.80 Å². The Morgan fingerprint density at radius 2 is 1.82 bits per heavy atom. The molecule has 3 rings (SSSR count). The molecule has 3 heteroatoms. The molecule has 1 aliphatic carbocycles. The average Bonchev–Trinajstić information content (AvgIpc) is 2.56. The average molecular weight is 300 g/mol. The number of piperazine rings is 1. The minimum Gasteiger partial charge on any atom is -0.368 e. The van der Waals surface area contributed by atoms with Crippen molar-refractivity contribution < 1.29 is 4.79 Å². The number of hydrogen-bond acceptors (Lipinski definition) is 2. The van der Waals surface area contributed by atoms with E-state index in [1.807, 2.05) is 0 Å². The van der Waals surface area contributed by atoms with E-state index in [1.165, 1.54) is 43.4 Å². The van der Waals surface area contributed by atoms with Crippen LogP contribution in [0.15, 0.2) is 24.3 Å². The highest BCUT2D eigenvalue weighted by Gasteiger charge is 2.24. The Kier molecular flexibility index (Phi) is 5.01. The van der Waals surface area contributed by atoms with E-state index >= 15 is 0 Å². The first-order valence-corrected chi connectivity index (χ1v) is 8.82. The van der Waals surface area contributed by atoms with E-state index in [-0.39, 0.29) is 0 Å². The summed E-state index contributed by atoms with van der Waals surface area (Å²) in [6.45, 7) is 5.80. The number of anilines is 1. The van der Waals surface area contributed by atoms with Gasteiger partial charge in [0.05, 0.1) is 0 Å². The normalized spacial score (nSPS) is 20.2. The Bertz CT molecular complexity index is 500. The first-order valence-electron chi connectivity index (χ1n) is 8.82. The molecule has 1 aromatic carbocycles. The van der Waals surface area contributed by atoms with Crippen molar-refractivity contribution >= 4 is 11.6 Å². The van der Waals surface area contributed by atoms with Crippen LogP contribution < -0.4 is 4.90 Å². The predicted octanol–water partition coefficient (Wildman–Crippen LogP) is 3.61. The molecule has 0 aromatic heterocycles. The van der Waals surface area contributed by atoms with Crippen molar-refractivity contribution in [2.24, 2.45) is 5.92 Å². The third kappa shape index (κ3) is 3.82. The fourth-order valence-electron chi connectivity index (χ4n) is 3.81. The molecule has 1 aliphatic heterocycles. The Morgan fingerprint density at radius 1 is 1.09 bits per heavy atom.